The summed E-state index contributed by atoms with van der Waals surface area (Å²) < 4.78 is 30.9. The van der Waals surface area contributed by atoms with E-state index in [1.54, 1.807) is 0 Å². The minimum Gasteiger partial charge on any atom is -0.481 e. The highest BCUT2D eigenvalue weighted by Crippen LogP contribution is 2.47. The average Bonchev–Trinajstić information content (AvgIpc) is 3.16. The molecule has 1 aliphatic rings. The number of carbonyl (C=O) groups excluding carboxylic acids is 1. The van der Waals surface area contributed by atoms with Crippen molar-refractivity contribution >= 4 is 5.91 Å². The van der Waals surface area contributed by atoms with E-state index in [0.29, 0.717) is 19.0 Å². The summed E-state index contributed by atoms with van der Waals surface area (Å²) in [5.41, 5.74) is 0.0194. The highest BCUT2D eigenvalue weighted by molar-refractivity contribution is 5.77. The van der Waals surface area contributed by atoms with Crippen LogP contribution in [-0.2, 0) is 4.79 Å². The van der Waals surface area contributed by atoms with Gasteiger partial charge < -0.3 is 15.2 Å². The molecule has 2 rings (SSSR count). The maximum Gasteiger partial charge on any atom is 0.257 e. The number of carbonyl (C=O) groups is 1. The number of amides is 1. The van der Waals surface area contributed by atoms with Gasteiger partial charge in [-0.15, -0.1) is 0 Å². The molecule has 1 aromatic carbocycles. The molecular weight excluding hydrogens is 268 g/mol. The number of hydrogen-bond donors (Lipinski definition) is 2. The minimum absolute atomic E-state index is 0.0194. The number of benzene rings is 1. The zero-order valence-corrected chi connectivity index (χ0v) is 11.0. The largest absolute Gasteiger partial charge is 0.481 e. The van der Waals surface area contributed by atoms with Crippen molar-refractivity contribution in [2.24, 2.45) is 5.41 Å². The molecule has 1 saturated carbocycles. The Kier molecular flexibility index (Phi) is 4.54. The molecule has 0 aromatic heterocycles. The summed E-state index contributed by atoms with van der Waals surface area (Å²) in [5, 5.41) is 11.6. The van der Waals surface area contributed by atoms with E-state index in [1.165, 1.54) is 0 Å². The fourth-order valence-electron chi connectivity index (χ4n) is 2.00. The van der Waals surface area contributed by atoms with Crippen LogP contribution in [0.15, 0.2) is 18.2 Å². The Morgan fingerprint density at radius 3 is 2.75 bits per heavy atom. The van der Waals surface area contributed by atoms with Gasteiger partial charge in [-0.2, -0.15) is 0 Å². The molecule has 0 radical (unpaired) electrons. The maximum atomic E-state index is 13.3. The van der Waals surface area contributed by atoms with Gasteiger partial charge in [0.15, 0.2) is 18.2 Å². The van der Waals surface area contributed by atoms with Gasteiger partial charge in [0.1, 0.15) is 5.82 Å². The number of aliphatic hydroxyl groups is 1. The molecule has 1 aliphatic carbocycles. The van der Waals surface area contributed by atoms with Gasteiger partial charge in [-0.05, 0) is 36.8 Å². The number of aliphatic hydroxyl groups excluding tert-OH is 1. The number of hydrogen-bond acceptors (Lipinski definition) is 3. The SMILES string of the molecule is O=C(COc1ccc(F)cc1F)NCC1(CCO)CC1. The highest BCUT2D eigenvalue weighted by Gasteiger charge is 2.41. The third-order valence-electron chi connectivity index (χ3n) is 3.51. The van der Waals surface area contributed by atoms with E-state index < -0.39 is 11.6 Å². The Morgan fingerprint density at radius 2 is 2.15 bits per heavy atom. The van der Waals surface area contributed by atoms with Crippen LogP contribution in [0.2, 0.25) is 0 Å². The van der Waals surface area contributed by atoms with E-state index in [4.69, 9.17) is 9.84 Å². The van der Waals surface area contributed by atoms with E-state index in [-0.39, 0.29) is 30.3 Å². The lowest BCUT2D eigenvalue weighted by Crippen LogP contribution is -2.34. The molecule has 0 unspecified atom stereocenters. The van der Waals surface area contributed by atoms with Gasteiger partial charge in [0, 0.05) is 19.2 Å². The first-order valence-electron chi connectivity index (χ1n) is 6.50. The number of ether oxygens (including phenoxy) is 1. The molecule has 0 atom stereocenters. The van der Waals surface area contributed by atoms with Crippen molar-refractivity contribution in [3.05, 3.63) is 29.8 Å². The van der Waals surface area contributed by atoms with Crippen molar-refractivity contribution in [3.8, 4) is 5.75 Å². The lowest BCUT2D eigenvalue weighted by Gasteiger charge is -2.14. The summed E-state index contributed by atoms with van der Waals surface area (Å²) >= 11 is 0. The molecule has 6 heteroatoms. The smallest absolute Gasteiger partial charge is 0.257 e. The van der Waals surface area contributed by atoms with Gasteiger partial charge in [0.2, 0.25) is 0 Å². The number of halogens is 2. The predicted octanol–water partition coefficient (Wildman–Crippen LogP) is 1.62. The van der Waals surface area contributed by atoms with Crippen molar-refractivity contribution in [3.63, 3.8) is 0 Å². The lowest BCUT2D eigenvalue weighted by atomic mass is 10.0. The molecular formula is C14H17F2NO3. The van der Waals surface area contributed by atoms with Crippen LogP contribution >= 0.6 is 0 Å². The highest BCUT2D eigenvalue weighted by atomic mass is 19.1. The first kappa shape index (κ1) is 14.7. The van der Waals surface area contributed by atoms with Crippen molar-refractivity contribution in [1.82, 2.24) is 5.32 Å². The second-order valence-corrected chi connectivity index (χ2v) is 5.11. The zero-order chi connectivity index (χ0) is 14.6. The van der Waals surface area contributed by atoms with Gasteiger partial charge >= 0.3 is 0 Å². The van der Waals surface area contributed by atoms with Gasteiger partial charge in [0.25, 0.3) is 5.91 Å². The summed E-state index contributed by atoms with van der Waals surface area (Å²) in [6, 6.07) is 2.91. The van der Waals surface area contributed by atoms with E-state index >= 15 is 0 Å². The molecule has 1 fully saturated rings. The molecule has 1 amide bonds. The molecule has 4 nitrogen and oxygen atoms in total. The number of rotatable bonds is 7. The molecule has 2 N–H and O–H groups in total. The first-order valence-corrected chi connectivity index (χ1v) is 6.50. The van der Waals surface area contributed by atoms with Crippen molar-refractivity contribution in [2.75, 3.05) is 19.8 Å². The van der Waals surface area contributed by atoms with Gasteiger partial charge in [-0.3, -0.25) is 4.79 Å². The van der Waals surface area contributed by atoms with Crippen LogP contribution in [0.25, 0.3) is 0 Å². The normalized spacial score (nSPS) is 15.8. The van der Waals surface area contributed by atoms with Gasteiger partial charge in [-0.1, -0.05) is 0 Å². The molecule has 110 valence electrons. The Balaban J connectivity index is 1.75. The van der Waals surface area contributed by atoms with Crippen molar-refractivity contribution in [2.45, 2.75) is 19.3 Å². The quantitative estimate of drug-likeness (QED) is 0.800. The van der Waals surface area contributed by atoms with Crippen LogP contribution in [0.4, 0.5) is 8.78 Å². The first-order chi connectivity index (χ1) is 9.54. The zero-order valence-electron chi connectivity index (χ0n) is 11.0. The summed E-state index contributed by atoms with van der Waals surface area (Å²) in [6.45, 7) is 0.270. The third-order valence-corrected chi connectivity index (χ3v) is 3.51. The van der Waals surface area contributed by atoms with E-state index in [2.05, 4.69) is 5.32 Å². The summed E-state index contributed by atoms with van der Waals surface area (Å²) in [7, 11) is 0. The van der Waals surface area contributed by atoms with E-state index in [0.717, 1.165) is 25.0 Å². The second-order valence-electron chi connectivity index (χ2n) is 5.11. The fourth-order valence-corrected chi connectivity index (χ4v) is 2.00. The van der Waals surface area contributed by atoms with Crippen molar-refractivity contribution in [1.29, 1.82) is 0 Å². The third kappa shape index (κ3) is 3.90. The van der Waals surface area contributed by atoms with Crippen LogP contribution in [0.1, 0.15) is 19.3 Å². The molecule has 0 spiro atoms. The Bertz CT molecular complexity index is 489. The predicted molar refractivity (Wildman–Crippen MR) is 68.2 cm³/mol. The second kappa shape index (κ2) is 6.17. The van der Waals surface area contributed by atoms with Crippen LogP contribution in [0.3, 0.4) is 0 Å². The van der Waals surface area contributed by atoms with Crippen LogP contribution in [0, 0.1) is 17.0 Å². The fraction of sp³-hybridized carbons (Fsp3) is 0.500. The number of nitrogens with one attached hydrogen (secondary N) is 1. The molecule has 0 heterocycles. The standard InChI is InChI=1S/C14H17F2NO3/c15-10-1-2-12(11(16)7-10)20-8-13(19)17-9-14(3-4-14)5-6-18/h1-2,7,18H,3-6,8-9H2,(H,17,19). The summed E-state index contributed by atoms with van der Waals surface area (Å²) in [6.07, 6.45) is 2.64. The topological polar surface area (TPSA) is 58.6 Å². The Labute approximate surface area is 115 Å². The summed E-state index contributed by atoms with van der Waals surface area (Å²) in [5.74, 6) is -2.05. The van der Waals surface area contributed by atoms with Crippen LogP contribution in [-0.4, -0.2) is 30.8 Å². The average molecular weight is 285 g/mol. The molecule has 1 aromatic rings. The van der Waals surface area contributed by atoms with Gasteiger partial charge in [0.05, 0.1) is 0 Å². The maximum absolute atomic E-state index is 13.3. The van der Waals surface area contributed by atoms with Crippen LogP contribution < -0.4 is 10.1 Å². The van der Waals surface area contributed by atoms with Gasteiger partial charge in [-0.25, -0.2) is 8.78 Å². The molecule has 20 heavy (non-hydrogen) atoms. The molecule has 0 aliphatic heterocycles. The monoisotopic (exact) mass is 285 g/mol. The Hall–Kier alpha value is -1.69. The van der Waals surface area contributed by atoms with E-state index in [1.807, 2.05) is 0 Å². The molecule has 0 saturated heterocycles. The lowest BCUT2D eigenvalue weighted by molar-refractivity contribution is -0.123. The Morgan fingerprint density at radius 1 is 1.40 bits per heavy atom. The molecule has 0 bridgehead atoms. The van der Waals surface area contributed by atoms with Crippen LogP contribution in [0.5, 0.6) is 5.75 Å². The summed E-state index contributed by atoms with van der Waals surface area (Å²) in [4.78, 5) is 11.6. The minimum atomic E-state index is -0.836. The van der Waals surface area contributed by atoms with Crippen molar-refractivity contribution < 1.29 is 23.4 Å². The van der Waals surface area contributed by atoms with E-state index in [9.17, 15) is 13.6 Å².